The van der Waals surface area contributed by atoms with Crippen molar-refractivity contribution in [1.29, 1.82) is 0 Å². The Balaban J connectivity index is 1.32. The Bertz CT molecular complexity index is 1100. The SMILES string of the molecule is O=C(c1cc2c(F)c(F)ccc2[nH]1)N1CCc2[nH]nc(C34CC(C3)C4)c2C1. The Morgan fingerprint density at radius 2 is 2.07 bits per heavy atom. The molecule has 1 aliphatic heterocycles. The van der Waals surface area contributed by atoms with E-state index in [1.807, 2.05) is 0 Å². The van der Waals surface area contributed by atoms with Crippen LogP contribution in [0.3, 0.4) is 0 Å². The van der Waals surface area contributed by atoms with Crippen molar-refractivity contribution in [3.05, 3.63) is 52.5 Å². The number of benzene rings is 1. The average molecular weight is 368 g/mol. The maximum atomic E-state index is 14.0. The van der Waals surface area contributed by atoms with Gasteiger partial charge in [-0.2, -0.15) is 5.10 Å². The van der Waals surface area contributed by atoms with E-state index in [1.165, 1.54) is 31.4 Å². The number of halogens is 2. The van der Waals surface area contributed by atoms with E-state index in [4.69, 9.17) is 0 Å². The number of H-pyrrole nitrogens is 2. The maximum absolute atomic E-state index is 14.0. The second-order valence-corrected chi connectivity index (χ2v) is 8.27. The molecule has 3 aliphatic carbocycles. The van der Waals surface area contributed by atoms with Gasteiger partial charge in [-0.25, -0.2) is 8.78 Å². The monoisotopic (exact) mass is 368 g/mol. The molecule has 1 amide bonds. The molecular weight excluding hydrogens is 350 g/mol. The van der Waals surface area contributed by atoms with Crippen molar-refractivity contribution in [2.75, 3.05) is 6.54 Å². The zero-order valence-corrected chi connectivity index (χ0v) is 14.6. The van der Waals surface area contributed by atoms with Gasteiger partial charge in [-0.05, 0) is 43.4 Å². The van der Waals surface area contributed by atoms with Gasteiger partial charge in [-0.3, -0.25) is 9.89 Å². The van der Waals surface area contributed by atoms with E-state index in [0.717, 1.165) is 35.4 Å². The van der Waals surface area contributed by atoms with E-state index in [2.05, 4.69) is 15.2 Å². The molecular formula is C20H18F2N4O. The number of hydrogen-bond donors (Lipinski definition) is 2. The van der Waals surface area contributed by atoms with Gasteiger partial charge in [0.1, 0.15) is 5.69 Å². The van der Waals surface area contributed by atoms with Crippen LogP contribution in [-0.2, 0) is 18.4 Å². The molecule has 7 heteroatoms. The number of carbonyl (C=O) groups is 1. The van der Waals surface area contributed by atoms with Crippen molar-refractivity contribution >= 4 is 16.8 Å². The first-order valence-corrected chi connectivity index (χ1v) is 9.37. The van der Waals surface area contributed by atoms with Crippen molar-refractivity contribution in [3.63, 3.8) is 0 Å². The fourth-order valence-electron chi connectivity index (χ4n) is 5.10. The number of aromatic amines is 2. The Kier molecular flexibility index (Phi) is 2.83. The van der Waals surface area contributed by atoms with Crippen LogP contribution < -0.4 is 0 Å². The molecule has 0 radical (unpaired) electrons. The Morgan fingerprint density at radius 3 is 2.81 bits per heavy atom. The molecule has 3 saturated carbocycles. The van der Waals surface area contributed by atoms with Crippen LogP contribution in [0.5, 0.6) is 0 Å². The van der Waals surface area contributed by atoms with Crippen molar-refractivity contribution in [1.82, 2.24) is 20.1 Å². The van der Waals surface area contributed by atoms with Gasteiger partial charge in [0.15, 0.2) is 11.6 Å². The fourth-order valence-corrected chi connectivity index (χ4v) is 5.10. The smallest absolute Gasteiger partial charge is 0.270 e. The number of nitrogens with zero attached hydrogens (tertiary/aromatic N) is 2. The molecule has 5 nitrogen and oxygen atoms in total. The highest BCUT2D eigenvalue weighted by Gasteiger charge is 2.59. The zero-order valence-electron chi connectivity index (χ0n) is 14.6. The number of hydrogen-bond acceptors (Lipinski definition) is 2. The Labute approximate surface area is 153 Å². The standard InChI is InChI=1S/C20H18F2N4O/c21-13-1-2-14-11(17(13)22)5-16(23-14)19(27)26-4-3-15-12(9-26)18(25-24-15)20-6-10(7-20)8-20/h1-2,5,10,23H,3-4,6-9H2,(H,24,25). The van der Waals surface area contributed by atoms with Crippen LogP contribution in [-0.4, -0.2) is 32.5 Å². The van der Waals surface area contributed by atoms with Crippen LogP contribution in [0, 0.1) is 17.6 Å². The quantitative estimate of drug-likeness (QED) is 0.728. The molecule has 0 spiro atoms. The molecule has 2 bridgehead atoms. The highest BCUT2D eigenvalue weighted by atomic mass is 19.2. The molecule has 0 unspecified atom stereocenters. The molecule has 1 aromatic carbocycles. The first kappa shape index (κ1) is 15.4. The summed E-state index contributed by atoms with van der Waals surface area (Å²) in [6.07, 6.45) is 4.37. The summed E-state index contributed by atoms with van der Waals surface area (Å²) in [5, 5.41) is 7.87. The van der Waals surface area contributed by atoms with Crippen LogP contribution in [0.4, 0.5) is 8.78 Å². The number of rotatable bonds is 2. The topological polar surface area (TPSA) is 64.8 Å². The maximum Gasteiger partial charge on any atom is 0.270 e. The summed E-state index contributed by atoms with van der Waals surface area (Å²) in [5.74, 6) is -1.17. The molecule has 27 heavy (non-hydrogen) atoms. The first-order chi connectivity index (χ1) is 13.0. The van der Waals surface area contributed by atoms with Gasteiger partial charge in [-0.1, -0.05) is 0 Å². The summed E-state index contributed by atoms with van der Waals surface area (Å²) in [5.41, 5.74) is 4.37. The van der Waals surface area contributed by atoms with E-state index in [0.29, 0.717) is 18.6 Å². The molecule has 4 aliphatic rings. The van der Waals surface area contributed by atoms with Gasteiger partial charge >= 0.3 is 0 Å². The highest BCUT2D eigenvalue weighted by Crippen LogP contribution is 2.65. The van der Waals surface area contributed by atoms with Gasteiger partial charge in [0, 0.05) is 47.1 Å². The minimum atomic E-state index is -0.926. The van der Waals surface area contributed by atoms with Crippen molar-refractivity contribution in [2.24, 2.45) is 5.92 Å². The third kappa shape index (κ3) is 1.97. The normalized spacial score (nSPS) is 25.9. The summed E-state index contributed by atoms with van der Waals surface area (Å²) < 4.78 is 27.4. The van der Waals surface area contributed by atoms with Gasteiger partial charge in [-0.15, -0.1) is 0 Å². The lowest BCUT2D eigenvalue weighted by molar-refractivity contribution is -0.0320. The molecule has 0 saturated heterocycles. The Hall–Kier alpha value is -2.70. The van der Waals surface area contributed by atoms with E-state index >= 15 is 0 Å². The number of fused-ring (bicyclic) bond motifs is 2. The zero-order chi connectivity index (χ0) is 18.3. The van der Waals surface area contributed by atoms with Crippen LogP contribution >= 0.6 is 0 Å². The van der Waals surface area contributed by atoms with Gasteiger partial charge in [0.25, 0.3) is 5.91 Å². The summed E-state index contributed by atoms with van der Waals surface area (Å²) >= 11 is 0. The molecule has 0 atom stereocenters. The molecule has 3 fully saturated rings. The third-order valence-corrected chi connectivity index (χ3v) is 6.68. The first-order valence-electron chi connectivity index (χ1n) is 9.37. The lowest BCUT2D eigenvalue weighted by atomic mass is 9.43. The minimum Gasteiger partial charge on any atom is -0.350 e. The highest BCUT2D eigenvalue weighted by molar-refractivity contribution is 5.98. The summed E-state index contributed by atoms with van der Waals surface area (Å²) in [4.78, 5) is 17.7. The second-order valence-electron chi connectivity index (χ2n) is 8.27. The third-order valence-electron chi connectivity index (χ3n) is 6.68. The Morgan fingerprint density at radius 1 is 1.26 bits per heavy atom. The number of aromatic nitrogens is 3. The number of amides is 1. The summed E-state index contributed by atoms with van der Waals surface area (Å²) in [7, 11) is 0. The van der Waals surface area contributed by atoms with E-state index in [1.54, 1.807) is 4.90 Å². The molecule has 138 valence electrons. The van der Waals surface area contributed by atoms with E-state index in [9.17, 15) is 13.6 Å². The van der Waals surface area contributed by atoms with E-state index in [-0.39, 0.29) is 22.4 Å². The average Bonchev–Trinajstić information content (AvgIpc) is 3.20. The van der Waals surface area contributed by atoms with Crippen molar-refractivity contribution < 1.29 is 13.6 Å². The summed E-state index contributed by atoms with van der Waals surface area (Å²) in [6.45, 7) is 1.09. The van der Waals surface area contributed by atoms with Gasteiger partial charge in [0.05, 0.1) is 5.69 Å². The number of carbonyl (C=O) groups excluding carboxylic acids is 1. The predicted octanol–water partition coefficient (Wildman–Crippen LogP) is 3.42. The summed E-state index contributed by atoms with van der Waals surface area (Å²) in [6, 6.07) is 3.93. The molecule has 2 N–H and O–H groups in total. The van der Waals surface area contributed by atoms with Crippen LogP contribution in [0.15, 0.2) is 18.2 Å². The van der Waals surface area contributed by atoms with Crippen LogP contribution in [0.2, 0.25) is 0 Å². The molecule has 3 heterocycles. The number of nitrogens with one attached hydrogen (secondary N) is 2. The fraction of sp³-hybridized carbons (Fsp3) is 0.400. The predicted molar refractivity (Wildman–Crippen MR) is 94.3 cm³/mol. The van der Waals surface area contributed by atoms with E-state index < -0.39 is 11.6 Å². The lowest BCUT2D eigenvalue weighted by Gasteiger charge is -2.61. The van der Waals surface area contributed by atoms with Crippen LogP contribution in [0.25, 0.3) is 10.9 Å². The van der Waals surface area contributed by atoms with Crippen molar-refractivity contribution in [3.8, 4) is 0 Å². The van der Waals surface area contributed by atoms with Crippen molar-refractivity contribution in [2.45, 2.75) is 37.6 Å². The molecule has 7 rings (SSSR count). The van der Waals surface area contributed by atoms with Gasteiger partial charge < -0.3 is 9.88 Å². The molecule has 3 aromatic rings. The minimum absolute atomic E-state index is 0.105. The largest absolute Gasteiger partial charge is 0.350 e. The van der Waals surface area contributed by atoms with Crippen LogP contribution in [0.1, 0.15) is 46.7 Å². The lowest BCUT2D eigenvalue weighted by Crippen LogP contribution is -2.56. The molecule has 2 aromatic heterocycles. The van der Waals surface area contributed by atoms with Gasteiger partial charge in [0.2, 0.25) is 0 Å². The second kappa shape index (κ2) is 4.97.